The van der Waals surface area contributed by atoms with Crippen LogP contribution in [-0.4, -0.2) is 68.4 Å². The summed E-state index contributed by atoms with van der Waals surface area (Å²) in [5.41, 5.74) is 1.07. The lowest BCUT2D eigenvalue weighted by Gasteiger charge is -2.26. The summed E-state index contributed by atoms with van der Waals surface area (Å²) < 4.78 is 11.5. The second-order valence-corrected chi connectivity index (χ2v) is 6.80. The number of ether oxygens (including phenoxy) is 2. The van der Waals surface area contributed by atoms with Gasteiger partial charge in [0.25, 0.3) is 0 Å². The van der Waals surface area contributed by atoms with Crippen molar-refractivity contribution in [1.82, 2.24) is 20.5 Å². The number of guanidine groups is 1. The van der Waals surface area contributed by atoms with Crippen LogP contribution in [-0.2, 0) is 11.3 Å². The standard InChI is InChI=1S/C19H31N5O2.HI/c1-20-19(22-9-10-24-11-13-25-14-12-24)23-15-16-5-4-8-21-18(16)26-17-6-2-3-7-17;/h4-5,8,17H,2-3,6-7,9-15H2,1H3,(H2,20,22,23);1H. The Bertz CT molecular complexity index is 575. The Hall–Kier alpha value is -1.13. The van der Waals surface area contributed by atoms with Crippen molar-refractivity contribution in [3.8, 4) is 5.88 Å². The van der Waals surface area contributed by atoms with Crippen LogP contribution in [0.4, 0.5) is 0 Å². The number of nitrogens with zero attached hydrogens (tertiary/aromatic N) is 3. The number of rotatable bonds is 7. The van der Waals surface area contributed by atoms with Crippen LogP contribution in [0.5, 0.6) is 5.88 Å². The molecule has 1 saturated heterocycles. The summed E-state index contributed by atoms with van der Waals surface area (Å²) in [4.78, 5) is 11.1. The van der Waals surface area contributed by atoms with Crippen molar-refractivity contribution in [2.24, 2.45) is 4.99 Å². The molecule has 0 atom stereocenters. The van der Waals surface area contributed by atoms with E-state index in [2.05, 4.69) is 31.6 Å². The van der Waals surface area contributed by atoms with Gasteiger partial charge in [-0.3, -0.25) is 9.89 Å². The van der Waals surface area contributed by atoms with E-state index in [1.54, 1.807) is 13.2 Å². The molecule has 1 aliphatic carbocycles. The Morgan fingerprint density at radius 2 is 2.07 bits per heavy atom. The molecule has 1 saturated carbocycles. The van der Waals surface area contributed by atoms with Crippen LogP contribution >= 0.6 is 24.0 Å². The molecule has 0 bridgehead atoms. The van der Waals surface area contributed by atoms with Gasteiger partial charge in [-0.05, 0) is 31.7 Å². The number of morpholine rings is 1. The van der Waals surface area contributed by atoms with E-state index in [-0.39, 0.29) is 24.0 Å². The highest BCUT2D eigenvalue weighted by Crippen LogP contribution is 2.24. The highest BCUT2D eigenvalue weighted by atomic mass is 127. The smallest absolute Gasteiger partial charge is 0.218 e. The maximum Gasteiger partial charge on any atom is 0.218 e. The predicted molar refractivity (Wildman–Crippen MR) is 118 cm³/mol. The number of nitrogens with one attached hydrogen (secondary N) is 2. The third-order valence-electron chi connectivity index (χ3n) is 4.92. The molecular formula is C19H32IN5O2. The molecule has 3 rings (SSSR count). The summed E-state index contributed by atoms with van der Waals surface area (Å²) in [5, 5.41) is 6.74. The van der Waals surface area contributed by atoms with Crippen LogP contribution in [0.1, 0.15) is 31.2 Å². The molecule has 2 aliphatic rings. The Labute approximate surface area is 179 Å². The van der Waals surface area contributed by atoms with Crippen LogP contribution in [0.3, 0.4) is 0 Å². The van der Waals surface area contributed by atoms with Crippen molar-refractivity contribution < 1.29 is 9.47 Å². The molecule has 0 unspecified atom stereocenters. The number of pyridine rings is 1. The molecule has 7 nitrogen and oxygen atoms in total. The first-order valence-corrected chi connectivity index (χ1v) is 9.70. The molecule has 2 N–H and O–H groups in total. The third-order valence-corrected chi connectivity index (χ3v) is 4.92. The normalized spacial score (nSPS) is 18.8. The second kappa shape index (κ2) is 12.4. The fourth-order valence-electron chi connectivity index (χ4n) is 3.39. The first kappa shape index (κ1) is 22.2. The lowest BCUT2D eigenvalue weighted by molar-refractivity contribution is 0.0389. The lowest BCUT2D eigenvalue weighted by Crippen LogP contribution is -2.44. The van der Waals surface area contributed by atoms with E-state index < -0.39 is 0 Å². The van der Waals surface area contributed by atoms with Gasteiger partial charge in [-0.15, -0.1) is 24.0 Å². The van der Waals surface area contributed by atoms with E-state index in [9.17, 15) is 0 Å². The summed E-state index contributed by atoms with van der Waals surface area (Å²) in [7, 11) is 1.79. The number of aliphatic imine (C=N–C) groups is 1. The third kappa shape index (κ3) is 7.42. The maximum atomic E-state index is 6.10. The lowest BCUT2D eigenvalue weighted by atomic mass is 10.2. The summed E-state index contributed by atoms with van der Waals surface area (Å²) in [6, 6.07) is 4.01. The molecule has 1 aromatic rings. The van der Waals surface area contributed by atoms with Crippen LogP contribution in [0.2, 0.25) is 0 Å². The van der Waals surface area contributed by atoms with Gasteiger partial charge < -0.3 is 20.1 Å². The van der Waals surface area contributed by atoms with Crippen molar-refractivity contribution >= 4 is 29.9 Å². The molecule has 2 fully saturated rings. The van der Waals surface area contributed by atoms with E-state index in [4.69, 9.17) is 9.47 Å². The summed E-state index contributed by atoms with van der Waals surface area (Å²) in [5.74, 6) is 1.55. The topological polar surface area (TPSA) is 71.0 Å². The Morgan fingerprint density at radius 1 is 1.30 bits per heavy atom. The summed E-state index contributed by atoms with van der Waals surface area (Å²) in [6.07, 6.45) is 6.89. The van der Waals surface area contributed by atoms with Gasteiger partial charge in [0.05, 0.1) is 13.2 Å². The van der Waals surface area contributed by atoms with Crippen molar-refractivity contribution in [1.29, 1.82) is 0 Å². The molecule has 0 amide bonds. The SMILES string of the molecule is CN=C(NCCN1CCOCC1)NCc1cccnc1OC1CCCC1.I. The van der Waals surface area contributed by atoms with Crippen LogP contribution in [0, 0.1) is 0 Å². The number of hydrogen-bond donors (Lipinski definition) is 2. The van der Waals surface area contributed by atoms with Gasteiger partial charge in [-0.25, -0.2) is 4.98 Å². The second-order valence-electron chi connectivity index (χ2n) is 6.80. The van der Waals surface area contributed by atoms with Crippen molar-refractivity contribution in [2.75, 3.05) is 46.4 Å². The Balaban J connectivity index is 0.00000261. The quantitative estimate of drug-likeness (QED) is 0.347. The zero-order chi connectivity index (χ0) is 18.0. The average Bonchev–Trinajstić information content (AvgIpc) is 3.19. The van der Waals surface area contributed by atoms with E-state index in [1.807, 2.05) is 6.07 Å². The first-order chi connectivity index (χ1) is 12.8. The minimum atomic E-state index is 0. The summed E-state index contributed by atoms with van der Waals surface area (Å²) >= 11 is 0. The molecule has 1 aromatic heterocycles. The van der Waals surface area contributed by atoms with Gasteiger partial charge >= 0.3 is 0 Å². The average molecular weight is 489 g/mol. The number of halogens is 1. The molecule has 0 aromatic carbocycles. The highest BCUT2D eigenvalue weighted by molar-refractivity contribution is 14.0. The molecule has 152 valence electrons. The van der Waals surface area contributed by atoms with Crippen LogP contribution in [0.15, 0.2) is 23.3 Å². The fourth-order valence-corrected chi connectivity index (χ4v) is 3.39. The number of hydrogen-bond acceptors (Lipinski definition) is 5. The largest absolute Gasteiger partial charge is 0.474 e. The van der Waals surface area contributed by atoms with Gasteiger partial charge in [0.1, 0.15) is 6.10 Å². The maximum absolute atomic E-state index is 6.10. The zero-order valence-corrected chi connectivity index (χ0v) is 18.5. The van der Waals surface area contributed by atoms with E-state index in [0.29, 0.717) is 12.6 Å². The molecule has 2 heterocycles. The van der Waals surface area contributed by atoms with Crippen LogP contribution < -0.4 is 15.4 Å². The van der Waals surface area contributed by atoms with Crippen LogP contribution in [0.25, 0.3) is 0 Å². The van der Waals surface area contributed by atoms with Crippen molar-refractivity contribution in [3.63, 3.8) is 0 Å². The number of aromatic nitrogens is 1. The van der Waals surface area contributed by atoms with E-state index in [0.717, 1.165) is 69.6 Å². The van der Waals surface area contributed by atoms with Gasteiger partial charge in [-0.1, -0.05) is 6.07 Å². The monoisotopic (exact) mass is 489 g/mol. The van der Waals surface area contributed by atoms with Gasteiger partial charge in [0.2, 0.25) is 5.88 Å². The van der Waals surface area contributed by atoms with Gasteiger partial charge in [-0.2, -0.15) is 0 Å². The minimum absolute atomic E-state index is 0. The van der Waals surface area contributed by atoms with Crippen molar-refractivity contribution in [3.05, 3.63) is 23.9 Å². The van der Waals surface area contributed by atoms with E-state index in [1.165, 1.54) is 12.8 Å². The Morgan fingerprint density at radius 3 is 2.81 bits per heavy atom. The molecule has 27 heavy (non-hydrogen) atoms. The molecular weight excluding hydrogens is 457 g/mol. The molecule has 0 spiro atoms. The zero-order valence-electron chi connectivity index (χ0n) is 16.2. The Kier molecular flexibility index (Phi) is 10.1. The summed E-state index contributed by atoms with van der Waals surface area (Å²) in [6.45, 7) is 6.17. The van der Waals surface area contributed by atoms with Crippen molar-refractivity contribution in [2.45, 2.75) is 38.3 Å². The fraction of sp³-hybridized carbons (Fsp3) is 0.684. The van der Waals surface area contributed by atoms with Gasteiger partial charge in [0, 0.05) is 51.5 Å². The van der Waals surface area contributed by atoms with E-state index >= 15 is 0 Å². The first-order valence-electron chi connectivity index (χ1n) is 9.70. The minimum Gasteiger partial charge on any atom is -0.474 e. The molecule has 1 aliphatic heterocycles. The molecule has 0 radical (unpaired) electrons. The predicted octanol–water partition coefficient (Wildman–Crippen LogP) is 2.02. The van der Waals surface area contributed by atoms with Gasteiger partial charge in [0.15, 0.2) is 5.96 Å². The highest BCUT2D eigenvalue weighted by Gasteiger charge is 2.18. The molecule has 8 heteroatoms.